The fourth-order valence-electron chi connectivity index (χ4n) is 3.84. The number of piperidine rings is 1. The van der Waals surface area contributed by atoms with E-state index < -0.39 is 22.1 Å². The van der Waals surface area contributed by atoms with Gasteiger partial charge in [-0.05, 0) is 50.8 Å². The monoisotopic (exact) mass is 424 g/mol. The number of likely N-dealkylation sites (tertiary alicyclic amines) is 1. The number of nitrogens with two attached hydrogens (primary N) is 1. The smallest absolute Gasteiger partial charge is 0.315 e. The number of sulfonamides is 1. The van der Waals surface area contributed by atoms with Gasteiger partial charge in [-0.15, -0.1) is 0 Å². The molecule has 1 aromatic rings. The van der Waals surface area contributed by atoms with Gasteiger partial charge in [0, 0.05) is 25.3 Å². The van der Waals surface area contributed by atoms with Crippen molar-refractivity contribution in [3.05, 3.63) is 18.2 Å². The van der Waals surface area contributed by atoms with E-state index >= 15 is 0 Å². The summed E-state index contributed by atoms with van der Waals surface area (Å²) in [6, 6.07) is 3.29. The highest BCUT2D eigenvalue weighted by molar-refractivity contribution is 7.89. The lowest BCUT2D eigenvalue weighted by atomic mass is 10.2. The number of hydrogen-bond donors (Lipinski definition) is 2. The van der Waals surface area contributed by atoms with E-state index in [2.05, 4.69) is 5.32 Å². The van der Waals surface area contributed by atoms with Crippen LogP contribution < -0.4 is 15.8 Å². The molecule has 0 radical (unpaired) electrons. The molecule has 0 aliphatic carbocycles. The number of urea groups is 1. The van der Waals surface area contributed by atoms with E-state index in [1.165, 1.54) is 15.3 Å². The van der Waals surface area contributed by atoms with Crippen molar-refractivity contribution in [1.82, 2.24) is 9.21 Å². The molecule has 0 bridgehead atoms. The molecule has 9 nitrogen and oxygen atoms in total. The molecule has 3 rings (SSSR count). The SMILES string of the molecule is CCOc1ccc(NC(=O)C2CCCN2C(N)=O)cc1S(=O)(=O)N1CCCCC1. The van der Waals surface area contributed by atoms with Crippen LogP contribution in [-0.4, -0.2) is 61.8 Å². The van der Waals surface area contributed by atoms with Crippen LogP contribution in [0.1, 0.15) is 39.0 Å². The molecule has 2 fully saturated rings. The molecular weight excluding hydrogens is 396 g/mol. The lowest BCUT2D eigenvalue weighted by molar-refractivity contribution is -0.119. The van der Waals surface area contributed by atoms with Crippen LogP contribution in [0.2, 0.25) is 0 Å². The first-order valence-electron chi connectivity index (χ1n) is 9.98. The van der Waals surface area contributed by atoms with Crippen molar-refractivity contribution in [2.24, 2.45) is 5.73 Å². The number of hydrogen-bond acceptors (Lipinski definition) is 5. The number of primary amides is 1. The molecule has 0 saturated carbocycles. The molecule has 0 spiro atoms. The molecular formula is C19H28N4O5S. The van der Waals surface area contributed by atoms with Gasteiger partial charge in [0.25, 0.3) is 0 Å². The summed E-state index contributed by atoms with van der Waals surface area (Å²) >= 11 is 0. The summed E-state index contributed by atoms with van der Waals surface area (Å²) in [6.07, 6.45) is 3.87. The molecule has 2 aliphatic heterocycles. The summed E-state index contributed by atoms with van der Waals surface area (Å²) in [6.45, 7) is 3.49. The second kappa shape index (κ2) is 9.00. The van der Waals surface area contributed by atoms with Crippen LogP contribution in [0.5, 0.6) is 5.75 Å². The van der Waals surface area contributed by atoms with Crippen LogP contribution in [0.3, 0.4) is 0 Å². The van der Waals surface area contributed by atoms with E-state index in [-0.39, 0.29) is 16.6 Å². The summed E-state index contributed by atoms with van der Waals surface area (Å²) in [5.41, 5.74) is 5.68. The minimum absolute atomic E-state index is 0.0391. The second-order valence-corrected chi connectivity index (χ2v) is 9.14. The Morgan fingerprint density at radius 2 is 1.90 bits per heavy atom. The zero-order chi connectivity index (χ0) is 21.0. The van der Waals surface area contributed by atoms with Gasteiger partial charge < -0.3 is 20.7 Å². The second-order valence-electron chi connectivity index (χ2n) is 7.24. The number of benzene rings is 1. The van der Waals surface area contributed by atoms with Crippen molar-refractivity contribution >= 4 is 27.6 Å². The van der Waals surface area contributed by atoms with Gasteiger partial charge in [0.2, 0.25) is 15.9 Å². The number of anilines is 1. The van der Waals surface area contributed by atoms with Crippen LogP contribution in [0.25, 0.3) is 0 Å². The van der Waals surface area contributed by atoms with Crippen LogP contribution in [0, 0.1) is 0 Å². The number of carbonyl (C=O) groups excluding carboxylic acids is 2. The fourth-order valence-corrected chi connectivity index (χ4v) is 5.51. The average molecular weight is 425 g/mol. The Kier molecular flexibility index (Phi) is 6.63. The van der Waals surface area contributed by atoms with Crippen molar-refractivity contribution in [3.63, 3.8) is 0 Å². The Bertz CT molecular complexity index is 867. The normalized spacial score (nSPS) is 20.4. The zero-order valence-corrected chi connectivity index (χ0v) is 17.4. The van der Waals surface area contributed by atoms with Crippen LogP contribution in [-0.2, 0) is 14.8 Å². The van der Waals surface area contributed by atoms with Gasteiger partial charge in [0.15, 0.2) is 0 Å². The number of ether oxygens (including phenoxy) is 1. The summed E-state index contributed by atoms with van der Waals surface area (Å²) < 4.78 is 33.4. The molecule has 160 valence electrons. The summed E-state index contributed by atoms with van der Waals surface area (Å²) in [5, 5.41) is 2.73. The molecule has 1 aromatic carbocycles. The third kappa shape index (κ3) is 4.64. The maximum Gasteiger partial charge on any atom is 0.315 e. The largest absolute Gasteiger partial charge is 0.492 e. The topological polar surface area (TPSA) is 122 Å². The molecule has 1 unspecified atom stereocenters. The molecule has 3 amide bonds. The van der Waals surface area contributed by atoms with Gasteiger partial charge in [0.05, 0.1) is 6.61 Å². The van der Waals surface area contributed by atoms with Crippen LogP contribution in [0.15, 0.2) is 23.1 Å². The van der Waals surface area contributed by atoms with E-state index in [1.54, 1.807) is 19.1 Å². The highest BCUT2D eigenvalue weighted by Crippen LogP contribution is 2.32. The third-order valence-electron chi connectivity index (χ3n) is 5.28. The van der Waals surface area contributed by atoms with Gasteiger partial charge in [-0.1, -0.05) is 6.42 Å². The molecule has 10 heteroatoms. The Morgan fingerprint density at radius 1 is 1.17 bits per heavy atom. The molecule has 0 aromatic heterocycles. The van der Waals surface area contributed by atoms with E-state index in [1.807, 2.05) is 0 Å². The van der Waals surface area contributed by atoms with Crippen molar-refractivity contribution < 1.29 is 22.7 Å². The standard InChI is InChI=1S/C19H28N4O5S/c1-2-28-16-9-8-14(21-18(24)15-7-6-12-23(15)19(20)25)13-17(16)29(26,27)22-10-4-3-5-11-22/h8-9,13,15H,2-7,10-12H2,1H3,(H2,20,25)(H,21,24). The van der Waals surface area contributed by atoms with E-state index in [0.717, 1.165) is 19.3 Å². The predicted octanol–water partition coefficient (Wildman–Crippen LogP) is 1.74. The minimum Gasteiger partial charge on any atom is -0.492 e. The van der Waals surface area contributed by atoms with E-state index in [4.69, 9.17) is 10.5 Å². The highest BCUT2D eigenvalue weighted by atomic mass is 32.2. The van der Waals surface area contributed by atoms with Gasteiger partial charge in [-0.25, -0.2) is 13.2 Å². The first-order chi connectivity index (χ1) is 13.8. The number of amides is 3. The number of nitrogens with one attached hydrogen (secondary N) is 1. The van der Waals surface area contributed by atoms with Gasteiger partial charge in [0.1, 0.15) is 16.7 Å². The Balaban J connectivity index is 1.86. The quantitative estimate of drug-likeness (QED) is 0.720. The lowest BCUT2D eigenvalue weighted by Crippen LogP contribution is -2.45. The first-order valence-corrected chi connectivity index (χ1v) is 11.4. The van der Waals surface area contributed by atoms with Crippen molar-refractivity contribution in [2.45, 2.75) is 50.0 Å². The van der Waals surface area contributed by atoms with E-state index in [9.17, 15) is 18.0 Å². The molecule has 1 atom stereocenters. The van der Waals surface area contributed by atoms with Crippen molar-refractivity contribution in [2.75, 3.05) is 31.6 Å². The number of nitrogens with zero attached hydrogens (tertiary/aromatic N) is 2. The van der Waals surface area contributed by atoms with Crippen LogP contribution in [0.4, 0.5) is 10.5 Å². The fraction of sp³-hybridized carbons (Fsp3) is 0.579. The minimum atomic E-state index is -3.74. The molecule has 2 aliphatic rings. The predicted molar refractivity (Wildman–Crippen MR) is 108 cm³/mol. The van der Waals surface area contributed by atoms with Crippen molar-refractivity contribution in [3.8, 4) is 5.75 Å². The maximum absolute atomic E-state index is 13.2. The summed E-state index contributed by atoms with van der Waals surface area (Å²) in [5.74, 6) is -0.123. The Labute approximate surface area is 171 Å². The van der Waals surface area contributed by atoms with Crippen LogP contribution >= 0.6 is 0 Å². The van der Waals surface area contributed by atoms with Crippen molar-refractivity contribution in [1.29, 1.82) is 0 Å². The Morgan fingerprint density at radius 3 is 2.55 bits per heavy atom. The summed E-state index contributed by atoms with van der Waals surface area (Å²) in [7, 11) is -3.74. The first kappa shape index (κ1) is 21.4. The molecule has 29 heavy (non-hydrogen) atoms. The lowest BCUT2D eigenvalue weighted by Gasteiger charge is -2.27. The number of carbonyl (C=O) groups is 2. The van der Waals surface area contributed by atoms with Gasteiger partial charge >= 0.3 is 6.03 Å². The highest BCUT2D eigenvalue weighted by Gasteiger charge is 2.34. The Hall–Kier alpha value is -2.33. The van der Waals surface area contributed by atoms with Gasteiger partial charge in [-0.2, -0.15) is 4.31 Å². The number of rotatable bonds is 6. The average Bonchev–Trinajstić information content (AvgIpc) is 3.20. The molecule has 3 N–H and O–H groups in total. The zero-order valence-electron chi connectivity index (χ0n) is 16.6. The molecule has 2 saturated heterocycles. The summed E-state index contributed by atoms with van der Waals surface area (Å²) in [4.78, 5) is 25.5. The maximum atomic E-state index is 13.2. The van der Waals surface area contributed by atoms with Gasteiger partial charge in [-0.3, -0.25) is 4.79 Å². The third-order valence-corrected chi connectivity index (χ3v) is 7.20. The molecule has 2 heterocycles. The van der Waals surface area contributed by atoms with E-state index in [0.29, 0.717) is 44.8 Å².